The van der Waals surface area contributed by atoms with Gasteiger partial charge in [-0.3, -0.25) is 0 Å². The van der Waals surface area contributed by atoms with Gasteiger partial charge in [-0.25, -0.2) is 0 Å². The van der Waals surface area contributed by atoms with Crippen molar-refractivity contribution in [2.45, 2.75) is 32.4 Å². The van der Waals surface area contributed by atoms with Gasteiger partial charge in [0.2, 0.25) is 0 Å². The van der Waals surface area contributed by atoms with Gasteiger partial charge in [0.15, 0.2) is 0 Å². The van der Waals surface area contributed by atoms with Crippen molar-refractivity contribution in [2.24, 2.45) is 0 Å². The molecule has 1 aromatic carbocycles. The number of hydrogen-bond donors (Lipinski definition) is 0. The Morgan fingerprint density at radius 1 is 1.25 bits per heavy atom. The van der Waals surface area contributed by atoms with E-state index in [4.69, 9.17) is 5.26 Å². The van der Waals surface area contributed by atoms with Crippen LogP contribution in [-0.4, -0.2) is 6.18 Å². The van der Waals surface area contributed by atoms with E-state index in [9.17, 15) is 13.2 Å². The summed E-state index contributed by atoms with van der Waals surface area (Å²) in [6, 6.07) is 6.68. The smallest absolute Gasteiger partial charge is 0.198 e. The Bertz CT molecular complexity index is 415. The second-order valence-corrected chi connectivity index (χ2v) is 3.84. The predicted molar refractivity (Wildman–Crippen MR) is 54.9 cm³/mol. The highest BCUT2D eigenvalue weighted by Crippen LogP contribution is 2.31. The van der Waals surface area contributed by atoms with Crippen molar-refractivity contribution in [3.05, 3.63) is 34.9 Å². The van der Waals surface area contributed by atoms with Gasteiger partial charge >= 0.3 is 6.18 Å². The third-order valence-corrected chi connectivity index (χ3v) is 2.52. The summed E-state index contributed by atoms with van der Waals surface area (Å²) in [7, 11) is 0. The molecule has 0 spiro atoms. The summed E-state index contributed by atoms with van der Waals surface area (Å²) in [5.74, 6) is -1.11. The standard InChI is InChI=1S/C12H12F3N/c1-8-3-4-10(5-9(8)2)11(7-16)6-12(13,14)15/h3-5,11H,6H2,1-2H3. The summed E-state index contributed by atoms with van der Waals surface area (Å²) in [5.41, 5.74) is 2.34. The predicted octanol–water partition coefficient (Wildman–Crippen LogP) is 3.86. The molecule has 1 nitrogen and oxygen atoms in total. The molecule has 0 aromatic heterocycles. The topological polar surface area (TPSA) is 23.8 Å². The first kappa shape index (κ1) is 12.6. The lowest BCUT2D eigenvalue weighted by atomic mass is 9.94. The first-order chi connectivity index (χ1) is 7.33. The Hall–Kier alpha value is -1.50. The minimum Gasteiger partial charge on any atom is -0.198 e. The molecule has 0 amide bonds. The highest BCUT2D eigenvalue weighted by Gasteiger charge is 2.32. The van der Waals surface area contributed by atoms with Crippen molar-refractivity contribution in [3.8, 4) is 6.07 Å². The van der Waals surface area contributed by atoms with Gasteiger partial charge < -0.3 is 0 Å². The zero-order valence-electron chi connectivity index (χ0n) is 9.10. The Morgan fingerprint density at radius 3 is 2.31 bits per heavy atom. The molecule has 4 heteroatoms. The van der Waals surface area contributed by atoms with Crippen molar-refractivity contribution >= 4 is 0 Å². The molecule has 1 unspecified atom stereocenters. The van der Waals surface area contributed by atoms with Crippen LogP contribution in [0.15, 0.2) is 18.2 Å². The molecule has 0 fully saturated rings. The van der Waals surface area contributed by atoms with Crippen LogP contribution >= 0.6 is 0 Å². The van der Waals surface area contributed by atoms with E-state index < -0.39 is 18.5 Å². The molecular weight excluding hydrogens is 215 g/mol. The largest absolute Gasteiger partial charge is 0.390 e. The average molecular weight is 227 g/mol. The van der Waals surface area contributed by atoms with Crippen LogP contribution < -0.4 is 0 Å². The minimum atomic E-state index is -4.31. The summed E-state index contributed by atoms with van der Waals surface area (Å²) in [5, 5.41) is 8.75. The normalized spacial score (nSPS) is 13.2. The molecule has 1 rings (SSSR count). The summed E-state index contributed by atoms with van der Waals surface area (Å²) in [6.45, 7) is 3.70. The molecule has 16 heavy (non-hydrogen) atoms. The molecule has 0 aliphatic rings. The number of nitrogens with zero attached hydrogens (tertiary/aromatic N) is 1. The fraction of sp³-hybridized carbons (Fsp3) is 0.417. The lowest BCUT2D eigenvalue weighted by Crippen LogP contribution is -2.13. The van der Waals surface area contributed by atoms with Crippen LogP contribution in [0.4, 0.5) is 13.2 Å². The van der Waals surface area contributed by atoms with Gasteiger partial charge in [-0.1, -0.05) is 18.2 Å². The van der Waals surface area contributed by atoms with E-state index in [0.29, 0.717) is 5.56 Å². The molecular formula is C12H12F3N. The molecule has 86 valence electrons. The Morgan fingerprint density at radius 2 is 1.88 bits per heavy atom. The lowest BCUT2D eigenvalue weighted by molar-refractivity contribution is -0.136. The van der Waals surface area contributed by atoms with Gasteiger partial charge in [0.05, 0.1) is 18.4 Å². The number of halogens is 3. The van der Waals surface area contributed by atoms with Gasteiger partial charge in [0.1, 0.15) is 0 Å². The van der Waals surface area contributed by atoms with E-state index in [-0.39, 0.29) is 0 Å². The molecule has 0 radical (unpaired) electrons. The summed E-state index contributed by atoms with van der Waals surface area (Å²) in [4.78, 5) is 0. The van der Waals surface area contributed by atoms with Crippen molar-refractivity contribution in [1.82, 2.24) is 0 Å². The Kier molecular flexibility index (Phi) is 3.58. The number of aryl methyl sites for hydroxylation is 2. The molecule has 0 heterocycles. The van der Waals surface area contributed by atoms with E-state index in [1.807, 2.05) is 13.8 Å². The van der Waals surface area contributed by atoms with E-state index in [1.54, 1.807) is 24.3 Å². The van der Waals surface area contributed by atoms with Crippen LogP contribution in [0.3, 0.4) is 0 Å². The maximum Gasteiger partial charge on any atom is 0.390 e. The van der Waals surface area contributed by atoms with Crippen LogP contribution in [0, 0.1) is 25.2 Å². The molecule has 0 N–H and O–H groups in total. The van der Waals surface area contributed by atoms with Crippen LogP contribution in [0.25, 0.3) is 0 Å². The maximum absolute atomic E-state index is 12.2. The second kappa shape index (κ2) is 4.56. The number of benzene rings is 1. The van der Waals surface area contributed by atoms with Crippen molar-refractivity contribution in [3.63, 3.8) is 0 Å². The van der Waals surface area contributed by atoms with E-state index in [0.717, 1.165) is 11.1 Å². The van der Waals surface area contributed by atoms with Crippen LogP contribution in [0.5, 0.6) is 0 Å². The van der Waals surface area contributed by atoms with E-state index >= 15 is 0 Å². The summed E-state index contributed by atoms with van der Waals surface area (Å²) in [6.07, 6.45) is -5.40. The molecule has 0 aliphatic heterocycles. The zero-order chi connectivity index (χ0) is 12.3. The second-order valence-electron chi connectivity index (χ2n) is 3.84. The number of rotatable bonds is 2. The maximum atomic E-state index is 12.2. The molecule has 0 saturated carbocycles. The van der Waals surface area contributed by atoms with Crippen molar-refractivity contribution in [1.29, 1.82) is 5.26 Å². The summed E-state index contributed by atoms with van der Waals surface area (Å²) >= 11 is 0. The SMILES string of the molecule is Cc1ccc(C(C#N)CC(F)(F)F)cc1C. The van der Waals surface area contributed by atoms with Crippen LogP contribution in [0.1, 0.15) is 29.0 Å². The van der Waals surface area contributed by atoms with E-state index in [1.165, 1.54) is 0 Å². The molecule has 0 aliphatic carbocycles. The summed E-state index contributed by atoms with van der Waals surface area (Å²) < 4.78 is 36.6. The molecule has 0 saturated heterocycles. The number of hydrogen-bond acceptors (Lipinski definition) is 1. The van der Waals surface area contributed by atoms with Gasteiger partial charge in [-0.05, 0) is 30.5 Å². The van der Waals surface area contributed by atoms with Crippen LogP contribution in [0.2, 0.25) is 0 Å². The van der Waals surface area contributed by atoms with Gasteiger partial charge in [-0.15, -0.1) is 0 Å². The Labute approximate surface area is 92.5 Å². The fourth-order valence-electron chi connectivity index (χ4n) is 1.45. The number of nitriles is 1. The van der Waals surface area contributed by atoms with Crippen LogP contribution in [-0.2, 0) is 0 Å². The first-order valence-electron chi connectivity index (χ1n) is 4.87. The fourth-order valence-corrected chi connectivity index (χ4v) is 1.45. The van der Waals surface area contributed by atoms with Crippen molar-refractivity contribution in [2.75, 3.05) is 0 Å². The highest BCUT2D eigenvalue weighted by atomic mass is 19.4. The third kappa shape index (κ3) is 3.27. The third-order valence-electron chi connectivity index (χ3n) is 2.52. The van der Waals surface area contributed by atoms with E-state index in [2.05, 4.69) is 0 Å². The zero-order valence-corrected chi connectivity index (χ0v) is 9.10. The quantitative estimate of drug-likeness (QED) is 0.752. The Balaban J connectivity index is 2.97. The van der Waals surface area contributed by atoms with Gasteiger partial charge in [0, 0.05) is 0 Å². The highest BCUT2D eigenvalue weighted by molar-refractivity contribution is 5.34. The lowest BCUT2D eigenvalue weighted by Gasteiger charge is -2.13. The number of alkyl halides is 3. The molecule has 1 aromatic rings. The first-order valence-corrected chi connectivity index (χ1v) is 4.87. The van der Waals surface area contributed by atoms with Gasteiger partial charge in [0.25, 0.3) is 0 Å². The molecule has 0 bridgehead atoms. The average Bonchev–Trinajstić information content (AvgIpc) is 2.17. The minimum absolute atomic E-state index is 0.433. The monoisotopic (exact) mass is 227 g/mol. The van der Waals surface area contributed by atoms with Crippen molar-refractivity contribution < 1.29 is 13.2 Å². The molecule has 1 atom stereocenters. The van der Waals surface area contributed by atoms with Gasteiger partial charge in [-0.2, -0.15) is 18.4 Å².